The summed E-state index contributed by atoms with van der Waals surface area (Å²) in [7, 11) is 0. The molecule has 5 rings (SSSR count). The molecule has 3 aromatic heterocycles. The Balaban J connectivity index is 1.55. The Bertz CT molecular complexity index is 1160. The number of carbonyl (C=O) groups is 1. The number of carbonyl (C=O) groups excluding carboxylic acids is 1. The van der Waals surface area contributed by atoms with Gasteiger partial charge < -0.3 is 10.6 Å². The Morgan fingerprint density at radius 3 is 3.15 bits per heavy atom. The van der Waals surface area contributed by atoms with Crippen molar-refractivity contribution >= 4 is 39.7 Å². The van der Waals surface area contributed by atoms with Gasteiger partial charge in [0.15, 0.2) is 0 Å². The molecular formula is C19H16N6OS. The van der Waals surface area contributed by atoms with Crippen LogP contribution in [0.25, 0.3) is 10.9 Å². The van der Waals surface area contributed by atoms with Gasteiger partial charge in [0.2, 0.25) is 0 Å². The van der Waals surface area contributed by atoms with E-state index in [1.807, 2.05) is 19.1 Å². The molecule has 0 fully saturated rings. The van der Waals surface area contributed by atoms with Gasteiger partial charge in [-0.2, -0.15) is 5.10 Å². The molecule has 0 spiro atoms. The highest BCUT2D eigenvalue weighted by Crippen LogP contribution is 2.37. The Kier molecular flexibility index (Phi) is 3.64. The summed E-state index contributed by atoms with van der Waals surface area (Å²) in [4.78, 5) is 21.3. The zero-order chi connectivity index (χ0) is 18.4. The first-order valence-electron chi connectivity index (χ1n) is 8.58. The van der Waals surface area contributed by atoms with Crippen LogP contribution in [0.5, 0.6) is 0 Å². The minimum atomic E-state index is -0.217. The number of nitrogens with one attached hydrogen (secondary N) is 3. The van der Waals surface area contributed by atoms with E-state index in [4.69, 9.17) is 0 Å². The second-order valence-corrected chi connectivity index (χ2v) is 7.54. The number of aromatic amines is 1. The maximum absolute atomic E-state index is 12.6. The number of rotatable bonds is 3. The molecule has 0 bridgehead atoms. The first kappa shape index (κ1) is 16.0. The first-order chi connectivity index (χ1) is 13.2. The fourth-order valence-electron chi connectivity index (χ4n) is 3.48. The van der Waals surface area contributed by atoms with E-state index in [2.05, 4.69) is 42.9 Å². The molecule has 1 unspecified atom stereocenters. The number of benzene rings is 1. The van der Waals surface area contributed by atoms with Crippen LogP contribution < -0.4 is 10.6 Å². The molecule has 27 heavy (non-hydrogen) atoms. The van der Waals surface area contributed by atoms with E-state index < -0.39 is 0 Å². The molecule has 3 N–H and O–H groups in total. The van der Waals surface area contributed by atoms with Crippen molar-refractivity contribution in [1.29, 1.82) is 0 Å². The van der Waals surface area contributed by atoms with Gasteiger partial charge in [0.25, 0.3) is 5.91 Å². The van der Waals surface area contributed by atoms with Gasteiger partial charge in [0.1, 0.15) is 11.5 Å². The summed E-state index contributed by atoms with van der Waals surface area (Å²) in [5.74, 6) is 0.861. The highest BCUT2D eigenvalue weighted by Gasteiger charge is 2.25. The van der Waals surface area contributed by atoms with Crippen molar-refractivity contribution in [2.24, 2.45) is 0 Å². The number of aryl methyl sites for hydroxylation is 1. The molecule has 134 valence electrons. The second-order valence-electron chi connectivity index (χ2n) is 6.48. The summed E-state index contributed by atoms with van der Waals surface area (Å²) in [6.45, 7) is 2.65. The lowest BCUT2D eigenvalue weighted by Crippen LogP contribution is -2.13. The third-order valence-electron chi connectivity index (χ3n) is 4.77. The number of nitrogens with zero attached hydrogens (tertiary/aromatic N) is 3. The van der Waals surface area contributed by atoms with Crippen LogP contribution in [-0.2, 0) is 0 Å². The number of aromatic nitrogens is 4. The molecule has 1 aliphatic rings. The van der Waals surface area contributed by atoms with Crippen LogP contribution in [0.1, 0.15) is 32.5 Å². The van der Waals surface area contributed by atoms with Gasteiger partial charge in [0.05, 0.1) is 22.4 Å². The molecule has 4 aromatic rings. The van der Waals surface area contributed by atoms with Gasteiger partial charge in [0, 0.05) is 35.0 Å². The highest BCUT2D eigenvalue weighted by atomic mass is 32.1. The van der Waals surface area contributed by atoms with Crippen LogP contribution >= 0.6 is 11.3 Å². The van der Waals surface area contributed by atoms with E-state index in [1.54, 1.807) is 17.8 Å². The molecule has 4 heterocycles. The van der Waals surface area contributed by atoms with Crippen LogP contribution in [0.3, 0.4) is 0 Å². The molecule has 1 aromatic carbocycles. The van der Waals surface area contributed by atoms with E-state index in [0.29, 0.717) is 5.69 Å². The zero-order valence-corrected chi connectivity index (χ0v) is 15.3. The van der Waals surface area contributed by atoms with E-state index in [0.717, 1.165) is 45.1 Å². The van der Waals surface area contributed by atoms with Crippen LogP contribution in [0, 0.1) is 6.92 Å². The number of amides is 1. The van der Waals surface area contributed by atoms with Gasteiger partial charge in [-0.05, 0) is 30.7 Å². The van der Waals surface area contributed by atoms with Crippen molar-refractivity contribution in [3.8, 4) is 0 Å². The van der Waals surface area contributed by atoms with E-state index >= 15 is 0 Å². The topological polar surface area (TPSA) is 95.6 Å². The highest BCUT2D eigenvalue weighted by molar-refractivity contribution is 7.09. The number of hydrogen-bond acceptors (Lipinski definition) is 6. The maximum Gasteiger partial charge on any atom is 0.275 e. The smallest absolute Gasteiger partial charge is 0.275 e. The lowest BCUT2D eigenvalue weighted by Gasteiger charge is -2.14. The quantitative estimate of drug-likeness (QED) is 0.508. The summed E-state index contributed by atoms with van der Waals surface area (Å²) < 4.78 is 0. The van der Waals surface area contributed by atoms with Crippen LogP contribution in [0.2, 0.25) is 0 Å². The van der Waals surface area contributed by atoms with Gasteiger partial charge in [-0.1, -0.05) is 6.07 Å². The van der Waals surface area contributed by atoms with Gasteiger partial charge in [-0.3, -0.25) is 9.89 Å². The number of fused-ring (bicyclic) bond motifs is 2. The summed E-state index contributed by atoms with van der Waals surface area (Å²) in [5, 5.41) is 17.0. The van der Waals surface area contributed by atoms with E-state index in [1.165, 1.54) is 11.3 Å². The molecule has 0 saturated heterocycles. The fourth-order valence-corrected chi connectivity index (χ4v) is 4.08. The van der Waals surface area contributed by atoms with E-state index in [9.17, 15) is 4.79 Å². The van der Waals surface area contributed by atoms with Crippen LogP contribution in [-0.4, -0.2) is 32.6 Å². The number of H-pyrrole nitrogens is 1. The SMILES string of the molecule is Cc1nc(C(=O)Nc2cc(C3CNc4ncccc43)cc3[nH]ncc23)cs1. The Labute approximate surface area is 158 Å². The number of thiazole rings is 1. The third kappa shape index (κ3) is 2.74. The molecule has 1 atom stereocenters. The maximum atomic E-state index is 12.6. The average molecular weight is 376 g/mol. The van der Waals surface area contributed by atoms with Gasteiger partial charge in [-0.15, -0.1) is 11.3 Å². The second kappa shape index (κ2) is 6.17. The molecule has 0 aliphatic carbocycles. The Morgan fingerprint density at radius 2 is 2.30 bits per heavy atom. The lowest BCUT2D eigenvalue weighted by atomic mass is 9.93. The van der Waals surface area contributed by atoms with Crippen molar-refractivity contribution in [1.82, 2.24) is 20.2 Å². The van der Waals surface area contributed by atoms with Crippen molar-refractivity contribution in [2.45, 2.75) is 12.8 Å². The molecule has 0 saturated carbocycles. The number of anilines is 2. The monoisotopic (exact) mass is 376 g/mol. The van der Waals surface area contributed by atoms with Gasteiger partial charge >= 0.3 is 0 Å². The van der Waals surface area contributed by atoms with Crippen molar-refractivity contribution in [3.63, 3.8) is 0 Å². The summed E-state index contributed by atoms with van der Waals surface area (Å²) >= 11 is 1.46. The summed E-state index contributed by atoms with van der Waals surface area (Å²) in [6, 6.07) is 8.13. The van der Waals surface area contributed by atoms with Crippen molar-refractivity contribution in [3.05, 3.63) is 63.9 Å². The largest absolute Gasteiger partial charge is 0.369 e. The lowest BCUT2D eigenvalue weighted by molar-refractivity contribution is 0.102. The predicted molar refractivity (Wildman–Crippen MR) is 105 cm³/mol. The fraction of sp³-hybridized carbons (Fsp3) is 0.158. The molecular weight excluding hydrogens is 360 g/mol. The Morgan fingerprint density at radius 1 is 1.37 bits per heavy atom. The number of pyridine rings is 1. The minimum absolute atomic E-state index is 0.165. The minimum Gasteiger partial charge on any atom is -0.369 e. The third-order valence-corrected chi connectivity index (χ3v) is 5.54. The zero-order valence-electron chi connectivity index (χ0n) is 14.5. The van der Waals surface area contributed by atoms with E-state index in [-0.39, 0.29) is 11.8 Å². The molecule has 1 amide bonds. The Hall–Kier alpha value is -3.26. The van der Waals surface area contributed by atoms with Crippen molar-refractivity contribution in [2.75, 3.05) is 17.2 Å². The predicted octanol–water partition coefficient (Wildman–Crippen LogP) is 3.53. The average Bonchev–Trinajstić information content (AvgIpc) is 3.40. The first-order valence-corrected chi connectivity index (χ1v) is 9.46. The number of hydrogen-bond donors (Lipinski definition) is 3. The van der Waals surface area contributed by atoms with Crippen LogP contribution in [0.4, 0.5) is 11.5 Å². The molecule has 7 nitrogen and oxygen atoms in total. The molecule has 1 aliphatic heterocycles. The normalized spacial score (nSPS) is 15.5. The van der Waals surface area contributed by atoms with Gasteiger partial charge in [-0.25, -0.2) is 9.97 Å². The van der Waals surface area contributed by atoms with Crippen molar-refractivity contribution < 1.29 is 4.79 Å². The molecule has 0 radical (unpaired) electrons. The standard InChI is InChI=1S/C19H16N6OS/c1-10-23-17(9-27-10)19(26)24-15-5-11(6-16-14(15)8-22-25-16)13-7-21-18-12(13)3-2-4-20-18/h2-6,8-9,13H,7H2,1H3,(H,20,21)(H,22,25)(H,24,26). The summed E-state index contributed by atoms with van der Waals surface area (Å²) in [6.07, 6.45) is 3.51. The summed E-state index contributed by atoms with van der Waals surface area (Å²) in [5.41, 5.74) is 4.29. The van der Waals surface area contributed by atoms with Crippen LogP contribution in [0.15, 0.2) is 42.0 Å². The molecule has 8 heteroatoms.